The van der Waals surface area contributed by atoms with Gasteiger partial charge in [0.05, 0.1) is 10.6 Å². The zero-order valence-corrected chi connectivity index (χ0v) is 25.9. The van der Waals surface area contributed by atoms with Crippen LogP contribution in [-0.2, 0) is 27.7 Å². The molecule has 2 aromatic heterocycles. The normalized spacial score (nSPS) is 11.2. The Kier molecular flexibility index (Phi) is 8.57. The Morgan fingerprint density at radius 2 is 1.50 bits per heavy atom. The van der Waals surface area contributed by atoms with E-state index >= 15 is 0 Å². The molecule has 0 bridgehead atoms. The van der Waals surface area contributed by atoms with Crippen LogP contribution in [0.15, 0.2) is 133 Å². The second-order valence-corrected chi connectivity index (χ2v) is 12.7. The summed E-state index contributed by atoms with van der Waals surface area (Å²) in [6.07, 6.45) is 4.07. The molecular weight excluding hydrogens is 598 g/mol. The molecule has 0 aliphatic carbocycles. The highest BCUT2D eigenvalue weighted by molar-refractivity contribution is 7.90. The van der Waals surface area contributed by atoms with Gasteiger partial charge in [-0.25, -0.2) is 13.4 Å². The van der Waals surface area contributed by atoms with E-state index in [1.165, 1.54) is 12.3 Å². The zero-order chi connectivity index (χ0) is 32.1. The summed E-state index contributed by atoms with van der Waals surface area (Å²) in [7, 11) is -3.35. The van der Waals surface area contributed by atoms with Crippen molar-refractivity contribution in [2.24, 2.45) is 0 Å². The number of amides is 1. The third-order valence-corrected chi connectivity index (χ3v) is 8.35. The lowest BCUT2D eigenvalue weighted by atomic mass is 10.1. The Balaban J connectivity index is 1.49. The molecule has 2 N–H and O–H groups in total. The lowest BCUT2D eigenvalue weighted by molar-refractivity contribution is -0.111. The van der Waals surface area contributed by atoms with Gasteiger partial charge in [-0.15, -0.1) is 0 Å². The summed E-state index contributed by atoms with van der Waals surface area (Å²) in [6, 6.07) is 34.1. The maximum Gasteiger partial charge on any atom is 0.247 e. The van der Waals surface area contributed by atoms with Gasteiger partial charge in [-0.2, -0.15) is 9.97 Å². The first kappa shape index (κ1) is 30.2. The van der Waals surface area contributed by atoms with E-state index in [-0.39, 0.29) is 10.8 Å². The van der Waals surface area contributed by atoms with E-state index in [1.54, 1.807) is 36.7 Å². The van der Waals surface area contributed by atoms with E-state index in [4.69, 9.17) is 15.0 Å². The maximum atomic E-state index is 12.0. The van der Waals surface area contributed by atoms with Crippen LogP contribution in [0, 0.1) is 0 Å². The van der Waals surface area contributed by atoms with Gasteiger partial charge >= 0.3 is 0 Å². The average Bonchev–Trinajstić information content (AvgIpc) is 3.49. The largest absolute Gasteiger partial charge is 0.346 e. The number of fused-ring (bicyclic) bond motifs is 1. The number of sulfone groups is 1. The molecule has 0 fully saturated rings. The van der Waals surface area contributed by atoms with E-state index in [0.29, 0.717) is 47.4 Å². The predicted molar refractivity (Wildman–Crippen MR) is 181 cm³/mol. The van der Waals surface area contributed by atoms with E-state index in [0.717, 1.165) is 16.8 Å². The topological polar surface area (TPSA) is 122 Å². The van der Waals surface area contributed by atoms with Crippen LogP contribution >= 0.6 is 0 Å². The highest BCUT2D eigenvalue weighted by Gasteiger charge is 2.21. The van der Waals surface area contributed by atoms with E-state index in [2.05, 4.69) is 46.4 Å². The second-order valence-electron chi connectivity index (χ2n) is 10.7. The average molecular weight is 630 g/mol. The van der Waals surface area contributed by atoms with Crippen molar-refractivity contribution in [3.8, 4) is 5.69 Å². The molecular formula is C35H31N7O3S. The molecule has 0 saturated heterocycles. The van der Waals surface area contributed by atoms with Crippen LogP contribution in [0.4, 0.5) is 23.1 Å². The van der Waals surface area contributed by atoms with Crippen molar-refractivity contribution in [1.82, 2.24) is 19.5 Å². The Morgan fingerprint density at radius 3 is 2.11 bits per heavy atom. The maximum absolute atomic E-state index is 12.0. The van der Waals surface area contributed by atoms with Crippen molar-refractivity contribution in [2.75, 3.05) is 21.8 Å². The number of anilines is 4. The number of carbonyl (C=O) groups excluding carboxylic acids is 1. The van der Waals surface area contributed by atoms with Gasteiger partial charge in [-0.05, 0) is 59.7 Å². The molecule has 6 rings (SSSR count). The molecule has 4 aromatic carbocycles. The number of hydrogen-bond acceptors (Lipinski definition) is 8. The van der Waals surface area contributed by atoms with Gasteiger partial charge in [0.2, 0.25) is 11.9 Å². The fourth-order valence-electron chi connectivity index (χ4n) is 5.01. The first-order valence-corrected chi connectivity index (χ1v) is 16.3. The van der Waals surface area contributed by atoms with Crippen molar-refractivity contribution < 1.29 is 13.2 Å². The van der Waals surface area contributed by atoms with E-state index in [9.17, 15) is 13.2 Å². The molecule has 0 aliphatic heterocycles. The molecule has 46 heavy (non-hydrogen) atoms. The first-order valence-electron chi connectivity index (χ1n) is 14.5. The number of nitrogens with zero attached hydrogens (tertiary/aromatic N) is 5. The second kappa shape index (κ2) is 13.0. The molecule has 0 aliphatic rings. The fourth-order valence-corrected chi connectivity index (χ4v) is 5.64. The number of rotatable bonds is 11. The lowest BCUT2D eigenvalue weighted by Crippen LogP contribution is -2.24. The lowest BCUT2D eigenvalue weighted by Gasteiger charge is -2.25. The van der Waals surface area contributed by atoms with Gasteiger partial charge in [0.25, 0.3) is 0 Å². The third-order valence-electron chi connectivity index (χ3n) is 7.23. The Morgan fingerprint density at radius 1 is 0.848 bits per heavy atom. The molecule has 10 nitrogen and oxygen atoms in total. The number of imidazole rings is 1. The minimum atomic E-state index is -3.35. The number of aromatic nitrogens is 4. The number of hydrogen-bond donors (Lipinski definition) is 2. The summed E-state index contributed by atoms with van der Waals surface area (Å²) in [6.45, 7) is 4.64. The highest BCUT2D eigenvalue weighted by Crippen LogP contribution is 2.30. The predicted octanol–water partition coefficient (Wildman–Crippen LogP) is 6.29. The van der Waals surface area contributed by atoms with Gasteiger partial charge in [0.15, 0.2) is 26.8 Å². The summed E-state index contributed by atoms with van der Waals surface area (Å²) < 4.78 is 25.9. The van der Waals surface area contributed by atoms with Crippen LogP contribution < -0.4 is 15.5 Å². The van der Waals surface area contributed by atoms with Gasteiger partial charge < -0.3 is 15.5 Å². The Bertz CT molecular complexity index is 2070. The van der Waals surface area contributed by atoms with E-state index < -0.39 is 9.84 Å². The molecule has 0 unspecified atom stereocenters. The number of nitrogens with one attached hydrogen (secondary N) is 2. The summed E-state index contributed by atoms with van der Waals surface area (Å²) in [4.78, 5) is 29.0. The SMILES string of the molecule is C=CC(=O)Nc1cccc(-n2cnc3c(N(Cc4ccccc4)Cc4ccccc4)nc(Nc4ccc(S(C)(=O)=O)cc4)nc32)c1. The summed E-state index contributed by atoms with van der Waals surface area (Å²) >= 11 is 0. The van der Waals surface area contributed by atoms with E-state index in [1.807, 2.05) is 59.2 Å². The summed E-state index contributed by atoms with van der Waals surface area (Å²) in [5.74, 6) is 0.601. The zero-order valence-electron chi connectivity index (χ0n) is 25.0. The van der Waals surface area contributed by atoms with Crippen molar-refractivity contribution in [3.63, 3.8) is 0 Å². The van der Waals surface area contributed by atoms with Gasteiger partial charge in [0.1, 0.15) is 6.33 Å². The molecule has 230 valence electrons. The van der Waals surface area contributed by atoms with Crippen molar-refractivity contribution in [2.45, 2.75) is 18.0 Å². The summed E-state index contributed by atoms with van der Waals surface area (Å²) in [5.41, 5.74) is 5.27. The Hall–Kier alpha value is -5.81. The summed E-state index contributed by atoms with van der Waals surface area (Å²) in [5, 5.41) is 6.06. The van der Waals surface area contributed by atoms with Crippen molar-refractivity contribution in [1.29, 1.82) is 0 Å². The number of benzene rings is 4. The molecule has 11 heteroatoms. The molecule has 0 radical (unpaired) electrons. The molecule has 0 spiro atoms. The van der Waals surface area contributed by atoms with Gasteiger partial charge in [-0.1, -0.05) is 73.3 Å². The van der Waals surface area contributed by atoms with Crippen molar-refractivity contribution >= 4 is 50.0 Å². The minimum Gasteiger partial charge on any atom is -0.346 e. The van der Waals surface area contributed by atoms with Gasteiger partial charge in [0, 0.05) is 30.7 Å². The smallest absolute Gasteiger partial charge is 0.247 e. The Labute approximate surface area is 267 Å². The number of carbonyl (C=O) groups is 1. The standard InChI is InChI=1S/C35H31N7O3S/c1-3-31(43)37-28-15-10-16-29(21-28)42-24-36-32-33(41(22-25-11-6-4-7-12-25)23-26-13-8-5-9-14-26)39-35(40-34(32)42)38-27-17-19-30(20-18-27)46(2,44)45/h3-21,24H,1,22-23H2,2H3,(H,37,43)(H,38,39,40). The minimum absolute atomic E-state index is 0.216. The molecule has 0 atom stereocenters. The van der Waals surface area contributed by atoms with Crippen LogP contribution in [0.25, 0.3) is 16.9 Å². The van der Waals surface area contributed by atoms with Crippen molar-refractivity contribution in [3.05, 3.63) is 139 Å². The molecule has 0 saturated carbocycles. The fraction of sp³-hybridized carbons (Fsp3) is 0.0857. The molecule has 6 aromatic rings. The monoisotopic (exact) mass is 629 g/mol. The molecule has 2 heterocycles. The van der Waals surface area contributed by atoms with Crippen LogP contribution in [-0.4, -0.2) is 40.1 Å². The third kappa shape index (κ3) is 6.95. The van der Waals surface area contributed by atoms with Crippen LogP contribution in [0.2, 0.25) is 0 Å². The van der Waals surface area contributed by atoms with Crippen LogP contribution in [0.3, 0.4) is 0 Å². The van der Waals surface area contributed by atoms with Crippen LogP contribution in [0.5, 0.6) is 0 Å². The highest BCUT2D eigenvalue weighted by atomic mass is 32.2. The quantitative estimate of drug-likeness (QED) is 0.160. The van der Waals surface area contributed by atoms with Crippen LogP contribution in [0.1, 0.15) is 11.1 Å². The van der Waals surface area contributed by atoms with Gasteiger partial charge in [-0.3, -0.25) is 9.36 Å². The molecule has 1 amide bonds. The first-order chi connectivity index (χ1) is 22.3.